The van der Waals surface area contributed by atoms with Gasteiger partial charge in [-0.25, -0.2) is 0 Å². The molecule has 10 heavy (non-hydrogen) atoms. The molecule has 58 valence electrons. The number of rotatable bonds is 0. The number of quaternary nitrogens is 1. The first-order valence-electron chi connectivity index (χ1n) is 3.92. The lowest BCUT2D eigenvalue weighted by Gasteiger charge is -2.37. The lowest BCUT2D eigenvalue weighted by atomic mass is 9.86. The van der Waals surface area contributed by atoms with E-state index in [9.17, 15) is 0 Å². The summed E-state index contributed by atoms with van der Waals surface area (Å²) in [5, 5.41) is 0. The van der Waals surface area contributed by atoms with E-state index in [0.717, 1.165) is 4.48 Å². The third-order valence-corrected chi connectivity index (χ3v) is 2.01. The van der Waals surface area contributed by atoms with Crippen LogP contribution < -0.4 is 0 Å². The van der Waals surface area contributed by atoms with Gasteiger partial charge in [0.15, 0.2) is 0 Å². The summed E-state index contributed by atoms with van der Waals surface area (Å²) in [6.07, 6.45) is 5.81. The quantitative estimate of drug-likeness (QED) is 0.451. The van der Waals surface area contributed by atoms with Crippen LogP contribution in [-0.2, 0) is 0 Å². The maximum Gasteiger partial charge on any atom is 0.0914 e. The second-order valence-corrected chi connectivity index (χ2v) is 4.69. The van der Waals surface area contributed by atoms with E-state index >= 15 is 0 Å². The van der Waals surface area contributed by atoms with Crippen LogP contribution in [0.5, 0.6) is 0 Å². The summed E-state index contributed by atoms with van der Waals surface area (Å²) in [7, 11) is 4.49. The van der Waals surface area contributed by atoms with E-state index in [4.69, 9.17) is 0 Å². The lowest BCUT2D eigenvalue weighted by molar-refractivity contribution is -0.848. The number of nitrogens with zero attached hydrogens (tertiary/aromatic N) is 1. The van der Waals surface area contributed by atoms with Crippen molar-refractivity contribution >= 4 is 0 Å². The molecule has 0 aromatic heterocycles. The predicted molar refractivity (Wildman–Crippen MR) is 44.5 cm³/mol. The Bertz CT molecular complexity index is 154. The molecule has 0 amide bonds. The van der Waals surface area contributed by atoms with E-state index in [0.29, 0.717) is 5.41 Å². The van der Waals surface area contributed by atoms with Gasteiger partial charge < -0.3 is 4.48 Å². The molecule has 1 aliphatic rings. The van der Waals surface area contributed by atoms with Crippen molar-refractivity contribution in [3.63, 3.8) is 0 Å². The van der Waals surface area contributed by atoms with Gasteiger partial charge >= 0.3 is 0 Å². The summed E-state index contributed by atoms with van der Waals surface area (Å²) in [6, 6.07) is 0. The Morgan fingerprint density at radius 3 is 2.20 bits per heavy atom. The van der Waals surface area contributed by atoms with E-state index in [1.807, 2.05) is 0 Å². The highest BCUT2D eigenvalue weighted by Gasteiger charge is 2.29. The maximum atomic E-state index is 2.33. The fraction of sp³-hybridized carbons (Fsp3) is 0.778. The molecule has 1 heteroatoms. The summed E-state index contributed by atoms with van der Waals surface area (Å²) in [4.78, 5) is 0. The van der Waals surface area contributed by atoms with Crippen LogP contribution in [0.2, 0.25) is 0 Å². The molecule has 0 N–H and O–H groups in total. The Balaban J connectivity index is 2.73. The molecule has 0 unspecified atom stereocenters. The number of allylic oxidation sites excluding steroid dienone is 1. The highest BCUT2D eigenvalue weighted by molar-refractivity contribution is 4.87. The molecule has 0 saturated heterocycles. The molecule has 0 atom stereocenters. The van der Waals surface area contributed by atoms with Crippen molar-refractivity contribution in [3.05, 3.63) is 12.3 Å². The van der Waals surface area contributed by atoms with E-state index < -0.39 is 0 Å². The molecule has 1 aliphatic heterocycles. The van der Waals surface area contributed by atoms with Gasteiger partial charge in [0.2, 0.25) is 0 Å². The molecule has 0 fully saturated rings. The fourth-order valence-corrected chi connectivity index (χ4v) is 1.88. The maximum absolute atomic E-state index is 2.33. The Kier molecular flexibility index (Phi) is 1.63. The summed E-state index contributed by atoms with van der Waals surface area (Å²) in [6.45, 7) is 5.91. The van der Waals surface area contributed by atoms with Gasteiger partial charge in [0.05, 0.1) is 26.8 Å². The monoisotopic (exact) mass is 140 g/mol. The molecule has 0 spiro atoms. The molecule has 1 nitrogen and oxygen atoms in total. The van der Waals surface area contributed by atoms with Gasteiger partial charge in [-0.2, -0.15) is 0 Å². The average Bonchev–Trinajstić information content (AvgIpc) is 1.56. The summed E-state index contributed by atoms with van der Waals surface area (Å²) >= 11 is 0. The third-order valence-electron chi connectivity index (χ3n) is 2.01. The Morgan fingerprint density at radius 1 is 1.30 bits per heavy atom. The Morgan fingerprint density at radius 2 is 1.90 bits per heavy atom. The molecular formula is C9H18N+. The molecular weight excluding hydrogens is 122 g/mol. The second kappa shape index (κ2) is 2.09. The molecule has 0 saturated carbocycles. The summed E-state index contributed by atoms with van der Waals surface area (Å²) in [5.41, 5.74) is 0.498. The van der Waals surface area contributed by atoms with Crippen molar-refractivity contribution in [2.75, 3.05) is 20.6 Å². The van der Waals surface area contributed by atoms with Crippen molar-refractivity contribution in [1.29, 1.82) is 0 Å². The largest absolute Gasteiger partial charge is 0.302 e. The molecule has 0 bridgehead atoms. The molecule has 0 aliphatic carbocycles. The van der Waals surface area contributed by atoms with Crippen molar-refractivity contribution < 1.29 is 4.48 Å². The average molecular weight is 140 g/mol. The van der Waals surface area contributed by atoms with E-state index in [1.165, 1.54) is 13.0 Å². The van der Waals surface area contributed by atoms with E-state index in [-0.39, 0.29) is 0 Å². The zero-order valence-corrected chi connectivity index (χ0v) is 7.52. The van der Waals surface area contributed by atoms with Crippen LogP contribution in [0.15, 0.2) is 12.3 Å². The van der Waals surface area contributed by atoms with Crippen molar-refractivity contribution in [2.24, 2.45) is 5.41 Å². The highest BCUT2D eigenvalue weighted by atomic mass is 15.3. The second-order valence-electron chi connectivity index (χ2n) is 4.69. The predicted octanol–water partition coefficient (Wildman–Crippen LogP) is 2.01. The first-order valence-corrected chi connectivity index (χ1v) is 3.92. The Labute approximate surface area is 63.9 Å². The van der Waals surface area contributed by atoms with E-state index in [1.54, 1.807) is 0 Å². The van der Waals surface area contributed by atoms with Gasteiger partial charge in [-0.05, 0) is 12.5 Å². The summed E-state index contributed by atoms with van der Waals surface area (Å²) in [5.74, 6) is 0. The molecule has 0 aromatic carbocycles. The number of hydrogen-bond acceptors (Lipinski definition) is 0. The van der Waals surface area contributed by atoms with Crippen LogP contribution in [0.25, 0.3) is 0 Å². The van der Waals surface area contributed by atoms with Gasteiger partial charge in [-0.1, -0.05) is 13.8 Å². The minimum absolute atomic E-state index is 0.498. The number of hydrogen-bond donors (Lipinski definition) is 0. The van der Waals surface area contributed by atoms with Crippen LogP contribution in [0.1, 0.15) is 20.3 Å². The van der Waals surface area contributed by atoms with Gasteiger partial charge in [-0.3, -0.25) is 0 Å². The minimum Gasteiger partial charge on any atom is -0.302 e. The third kappa shape index (κ3) is 1.84. The zero-order valence-electron chi connectivity index (χ0n) is 7.52. The molecule has 0 radical (unpaired) electrons. The molecule has 1 rings (SSSR count). The summed E-state index contributed by atoms with van der Waals surface area (Å²) < 4.78 is 1.03. The highest BCUT2D eigenvalue weighted by Crippen LogP contribution is 2.28. The molecule has 0 aromatic rings. The van der Waals surface area contributed by atoms with Gasteiger partial charge in [0.1, 0.15) is 0 Å². The van der Waals surface area contributed by atoms with Crippen LogP contribution >= 0.6 is 0 Å². The first-order chi connectivity index (χ1) is 4.41. The van der Waals surface area contributed by atoms with Gasteiger partial charge in [0, 0.05) is 5.41 Å². The van der Waals surface area contributed by atoms with E-state index in [2.05, 4.69) is 40.2 Å². The van der Waals surface area contributed by atoms with Crippen molar-refractivity contribution in [1.82, 2.24) is 0 Å². The van der Waals surface area contributed by atoms with Crippen molar-refractivity contribution in [2.45, 2.75) is 20.3 Å². The first kappa shape index (κ1) is 7.80. The van der Waals surface area contributed by atoms with Crippen LogP contribution in [-0.4, -0.2) is 25.1 Å². The smallest absolute Gasteiger partial charge is 0.0914 e. The van der Waals surface area contributed by atoms with Crippen LogP contribution in [0.4, 0.5) is 0 Å². The normalized spacial score (nSPS) is 28.4. The Hall–Kier alpha value is -0.300. The van der Waals surface area contributed by atoms with Gasteiger partial charge in [-0.15, -0.1) is 0 Å². The molecule has 1 heterocycles. The topological polar surface area (TPSA) is 0 Å². The van der Waals surface area contributed by atoms with Crippen molar-refractivity contribution in [3.8, 4) is 0 Å². The zero-order chi connectivity index (χ0) is 7.83. The minimum atomic E-state index is 0.498. The van der Waals surface area contributed by atoms with Gasteiger partial charge in [0.25, 0.3) is 0 Å². The van der Waals surface area contributed by atoms with Crippen LogP contribution in [0, 0.1) is 5.41 Å². The SMILES string of the molecule is CC1(C)CC=C[N+](C)(C)C1. The standard InChI is InChI=1S/C9H18N/c1-9(2)6-5-7-10(3,4)8-9/h5,7H,6,8H2,1-4H3/q+1. The fourth-order valence-electron chi connectivity index (χ4n) is 1.88. The lowest BCUT2D eigenvalue weighted by Crippen LogP contribution is -2.44. The van der Waals surface area contributed by atoms with Crippen LogP contribution in [0.3, 0.4) is 0 Å².